The van der Waals surface area contributed by atoms with Gasteiger partial charge in [-0.2, -0.15) is 0 Å². The van der Waals surface area contributed by atoms with Crippen LogP contribution in [0.1, 0.15) is 31.9 Å². The van der Waals surface area contributed by atoms with E-state index in [4.69, 9.17) is 27.9 Å². The van der Waals surface area contributed by atoms with Crippen molar-refractivity contribution >= 4 is 50.7 Å². The molecule has 0 aromatic heterocycles. The number of rotatable bonds is 12. The Labute approximate surface area is 280 Å². The minimum atomic E-state index is -4.24. The summed E-state index contributed by atoms with van der Waals surface area (Å²) in [5.41, 5.74) is 1.05. The second kappa shape index (κ2) is 15.0. The molecule has 8 nitrogen and oxygen atoms in total. The first-order valence-electron chi connectivity index (χ1n) is 14.6. The molecule has 1 N–H and O–H groups in total. The molecule has 0 aliphatic carbocycles. The number of nitrogens with zero attached hydrogens (tertiary/aromatic N) is 2. The number of methoxy groups -OCH3 is 1. The maximum atomic E-state index is 14.5. The highest BCUT2D eigenvalue weighted by Crippen LogP contribution is 2.28. The van der Waals surface area contributed by atoms with E-state index < -0.39 is 34.1 Å². The van der Waals surface area contributed by atoms with Crippen LogP contribution in [0.15, 0.2) is 108 Å². The van der Waals surface area contributed by atoms with E-state index in [1.807, 2.05) is 51.1 Å². The van der Waals surface area contributed by atoms with Gasteiger partial charge in [-0.3, -0.25) is 13.9 Å². The molecule has 0 radical (unpaired) electrons. The number of carbonyl (C=O) groups excluding carboxylic acids is 2. The SMILES string of the molecule is COc1ccc(S(=O)(=O)N(CC(=O)N(Cc2ccc(Cl)cc2Cl)[C@@H](Cc2ccccc2)C(=O)NC(C)(C)C)c2ccccc2)cc1. The number of hydrogen-bond acceptors (Lipinski definition) is 5. The monoisotopic (exact) mass is 681 g/mol. The fourth-order valence-electron chi connectivity index (χ4n) is 4.84. The quantitative estimate of drug-likeness (QED) is 0.178. The van der Waals surface area contributed by atoms with E-state index in [9.17, 15) is 18.0 Å². The molecule has 4 rings (SSSR count). The molecule has 11 heteroatoms. The molecule has 46 heavy (non-hydrogen) atoms. The minimum Gasteiger partial charge on any atom is -0.497 e. The van der Waals surface area contributed by atoms with Crippen LogP contribution >= 0.6 is 23.2 Å². The molecular weight excluding hydrogens is 645 g/mol. The topological polar surface area (TPSA) is 96.0 Å². The van der Waals surface area contributed by atoms with Crippen LogP contribution in [-0.2, 0) is 32.6 Å². The Morgan fingerprint density at radius 1 is 0.870 bits per heavy atom. The lowest BCUT2D eigenvalue weighted by molar-refractivity contribution is -0.140. The summed E-state index contributed by atoms with van der Waals surface area (Å²) in [7, 11) is -2.75. The molecule has 0 saturated carbocycles. The van der Waals surface area contributed by atoms with Crippen molar-refractivity contribution in [3.63, 3.8) is 0 Å². The summed E-state index contributed by atoms with van der Waals surface area (Å²) in [6.45, 7) is 4.90. The van der Waals surface area contributed by atoms with E-state index in [0.29, 0.717) is 21.4 Å². The Morgan fingerprint density at radius 3 is 2.04 bits per heavy atom. The number of anilines is 1. The maximum absolute atomic E-state index is 14.5. The predicted molar refractivity (Wildman–Crippen MR) is 183 cm³/mol. The zero-order valence-electron chi connectivity index (χ0n) is 26.1. The Hall–Kier alpha value is -4.05. The van der Waals surface area contributed by atoms with Gasteiger partial charge in [-0.1, -0.05) is 77.8 Å². The standard InChI is InChI=1S/C35H37Cl2N3O5S/c1-35(2,3)38-34(42)32(21-25-11-7-5-8-12-25)39(23-26-15-16-27(36)22-31(26)37)33(41)24-40(28-13-9-6-10-14-28)46(43,44)30-19-17-29(45-4)18-20-30/h5-20,22,32H,21,23-24H2,1-4H3,(H,38,42)/t32-/m0/s1. The van der Waals surface area contributed by atoms with E-state index in [0.717, 1.165) is 9.87 Å². The minimum absolute atomic E-state index is 0.0245. The Morgan fingerprint density at radius 2 is 1.48 bits per heavy atom. The van der Waals surface area contributed by atoms with Crippen LogP contribution in [0.4, 0.5) is 5.69 Å². The summed E-state index contributed by atoms with van der Waals surface area (Å²) in [5.74, 6) is -0.503. The van der Waals surface area contributed by atoms with Crippen molar-refractivity contribution in [1.82, 2.24) is 10.2 Å². The third-order valence-corrected chi connectivity index (χ3v) is 9.47. The van der Waals surface area contributed by atoms with Crippen LogP contribution in [0, 0.1) is 0 Å². The van der Waals surface area contributed by atoms with Crippen LogP contribution < -0.4 is 14.4 Å². The van der Waals surface area contributed by atoms with Crippen molar-refractivity contribution < 1.29 is 22.7 Å². The van der Waals surface area contributed by atoms with Crippen LogP contribution in [0.3, 0.4) is 0 Å². The molecule has 0 bridgehead atoms. The lowest BCUT2D eigenvalue weighted by Gasteiger charge is -2.35. The average molecular weight is 683 g/mol. The fourth-order valence-corrected chi connectivity index (χ4v) is 6.72. The summed E-state index contributed by atoms with van der Waals surface area (Å²) >= 11 is 12.7. The first-order chi connectivity index (χ1) is 21.8. The number of halogens is 2. The van der Waals surface area contributed by atoms with E-state index in [1.54, 1.807) is 60.7 Å². The molecule has 242 valence electrons. The van der Waals surface area contributed by atoms with Gasteiger partial charge in [0.05, 0.1) is 17.7 Å². The Bertz CT molecular complexity index is 1750. The van der Waals surface area contributed by atoms with Crippen molar-refractivity contribution in [3.05, 3.63) is 124 Å². The highest BCUT2D eigenvalue weighted by molar-refractivity contribution is 7.92. The number of amides is 2. The zero-order valence-corrected chi connectivity index (χ0v) is 28.4. The molecule has 2 amide bonds. The highest BCUT2D eigenvalue weighted by atomic mass is 35.5. The first-order valence-corrected chi connectivity index (χ1v) is 16.8. The van der Waals surface area contributed by atoms with Gasteiger partial charge in [0.15, 0.2) is 0 Å². The largest absolute Gasteiger partial charge is 0.497 e. The lowest BCUT2D eigenvalue weighted by atomic mass is 10.0. The van der Waals surface area contributed by atoms with Crippen molar-refractivity contribution in [2.45, 2.75) is 50.2 Å². The summed E-state index contributed by atoms with van der Waals surface area (Å²) in [6.07, 6.45) is 0.177. The number of benzene rings is 4. The zero-order chi connectivity index (χ0) is 33.5. The molecule has 4 aromatic carbocycles. The molecule has 0 aliphatic rings. The van der Waals surface area contributed by atoms with Gasteiger partial charge in [-0.15, -0.1) is 0 Å². The number of sulfonamides is 1. The van der Waals surface area contributed by atoms with Gasteiger partial charge in [0.2, 0.25) is 11.8 Å². The van der Waals surface area contributed by atoms with Crippen molar-refractivity contribution in [3.8, 4) is 5.75 Å². The second-order valence-electron chi connectivity index (χ2n) is 11.7. The Balaban J connectivity index is 1.82. The van der Waals surface area contributed by atoms with Crippen molar-refractivity contribution in [2.24, 2.45) is 0 Å². The van der Waals surface area contributed by atoms with Gasteiger partial charge < -0.3 is 15.0 Å². The number of carbonyl (C=O) groups is 2. The molecule has 0 aliphatic heterocycles. The molecule has 0 spiro atoms. The predicted octanol–water partition coefficient (Wildman–Crippen LogP) is 6.75. The van der Waals surface area contributed by atoms with E-state index in [2.05, 4.69) is 5.32 Å². The average Bonchev–Trinajstić information content (AvgIpc) is 3.02. The molecule has 0 unspecified atom stereocenters. The molecule has 1 atom stereocenters. The third kappa shape index (κ3) is 9.02. The second-order valence-corrected chi connectivity index (χ2v) is 14.4. The van der Waals surface area contributed by atoms with Crippen LogP contribution in [-0.4, -0.2) is 50.4 Å². The summed E-state index contributed by atoms with van der Waals surface area (Å²) < 4.78 is 34.5. The van der Waals surface area contributed by atoms with Gasteiger partial charge in [0.25, 0.3) is 10.0 Å². The van der Waals surface area contributed by atoms with Crippen LogP contribution in [0.25, 0.3) is 0 Å². The van der Waals surface area contributed by atoms with Gasteiger partial charge in [0.1, 0.15) is 18.3 Å². The smallest absolute Gasteiger partial charge is 0.264 e. The number of hydrogen-bond donors (Lipinski definition) is 1. The number of nitrogens with one attached hydrogen (secondary N) is 1. The van der Waals surface area contributed by atoms with Crippen LogP contribution in [0.5, 0.6) is 5.75 Å². The molecular formula is C35H37Cl2N3O5S. The Kier molecular flexibility index (Phi) is 11.4. The number of ether oxygens (including phenoxy) is 1. The van der Waals surface area contributed by atoms with Crippen molar-refractivity contribution in [1.29, 1.82) is 0 Å². The van der Waals surface area contributed by atoms with E-state index in [-0.39, 0.29) is 29.5 Å². The normalized spacial score (nSPS) is 12.2. The molecule has 0 saturated heterocycles. The lowest BCUT2D eigenvalue weighted by Crippen LogP contribution is -2.56. The molecule has 0 heterocycles. The summed E-state index contributed by atoms with van der Waals surface area (Å²) in [4.78, 5) is 29.9. The van der Waals surface area contributed by atoms with Crippen LogP contribution in [0.2, 0.25) is 10.0 Å². The van der Waals surface area contributed by atoms with Gasteiger partial charge in [-0.05, 0) is 80.4 Å². The van der Waals surface area contributed by atoms with E-state index in [1.165, 1.54) is 24.1 Å². The maximum Gasteiger partial charge on any atom is 0.264 e. The third-order valence-electron chi connectivity index (χ3n) is 7.10. The molecule has 4 aromatic rings. The van der Waals surface area contributed by atoms with Crippen molar-refractivity contribution in [2.75, 3.05) is 18.0 Å². The van der Waals surface area contributed by atoms with E-state index >= 15 is 0 Å². The highest BCUT2D eigenvalue weighted by Gasteiger charge is 2.36. The van der Waals surface area contributed by atoms with Gasteiger partial charge in [-0.25, -0.2) is 8.42 Å². The molecule has 0 fully saturated rings. The first kappa shape index (κ1) is 34.8. The fraction of sp³-hybridized carbons (Fsp3) is 0.257. The van der Waals surface area contributed by atoms with Gasteiger partial charge >= 0.3 is 0 Å². The number of para-hydroxylation sites is 1. The summed E-state index contributed by atoms with van der Waals surface area (Å²) in [5, 5.41) is 3.73. The summed E-state index contributed by atoms with van der Waals surface area (Å²) in [6, 6.07) is 27.5. The van der Waals surface area contributed by atoms with Gasteiger partial charge in [0, 0.05) is 28.5 Å².